The lowest BCUT2D eigenvalue weighted by Gasteiger charge is -2.31. The zero-order valence-corrected chi connectivity index (χ0v) is 24.7. The number of nitrogens with one attached hydrogen (secondary N) is 2. The number of aromatic nitrogens is 1. The van der Waals surface area contributed by atoms with Gasteiger partial charge in [-0.3, -0.25) is 4.79 Å². The molecule has 216 valence electrons. The number of carbonyl (C=O) groups excluding carboxylic acids is 2. The SMILES string of the molecule is C[C@H](CC(=O)Nc1cccc(CN(C)C)c1)c1c[nH]c2ccccc12.Cc1ccc(C2CCN(C(N)=O)CC2)cc1. The van der Waals surface area contributed by atoms with E-state index in [1.165, 1.54) is 27.6 Å². The number of H-pyrrole nitrogens is 1. The van der Waals surface area contributed by atoms with Crippen molar-refractivity contribution in [2.45, 2.75) is 51.5 Å². The first-order valence-electron chi connectivity index (χ1n) is 14.4. The predicted molar refractivity (Wildman–Crippen MR) is 168 cm³/mol. The molecule has 1 atom stereocenters. The van der Waals surface area contributed by atoms with Gasteiger partial charge in [0.2, 0.25) is 5.91 Å². The number of anilines is 1. The minimum absolute atomic E-state index is 0.0415. The van der Waals surface area contributed by atoms with Crippen LogP contribution < -0.4 is 11.1 Å². The largest absolute Gasteiger partial charge is 0.361 e. The molecule has 7 nitrogen and oxygen atoms in total. The first-order valence-corrected chi connectivity index (χ1v) is 14.4. The summed E-state index contributed by atoms with van der Waals surface area (Å²) in [5.41, 5.74) is 12.3. The molecule has 1 aromatic heterocycles. The van der Waals surface area contributed by atoms with Crippen molar-refractivity contribution < 1.29 is 9.59 Å². The number of hydrogen-bond donors (Lipinski definition) is 3. The van der Waals surface area contributed by atoms with Crippen LogP contribution in [0.5, 0.6) is 0 Å². The maximum absolute atomic E-state index is 12.5. The summed E-state index contributed by atoms with van der Waals surface area (Å²) in [7, 11) is 4.07. The molecule has 2 heterocycles. The third-order valence-electron chi connectivity index (χ3n) is 7.71. The molecule has 7 heteroatoms. The number of nitrogens with zero attached hydrogens (tertiary/aromatic N) is 2. The first-order chi connectivity index (χ1) is 19.7. The molecule has 5 rings (SSSR count). The summed E-state index contributed by atoms with van der Waals surface area (Å²) in [5, 5.41) is 4.22. The summed E-state index contributed by atoms with van der Waals surface area (Å²) in [6.07, 6.45) is 4.51. The lowest BCUT2D eigenvalue weighted by Crippen LogP contribution is -2.41. The molecule has 1 saturated heterocycles. The van der Waals surface area contributed by atoms with E-state index in [4.69, 9.17) is 5.73 Å². The first kappa shape index (κ1) is 29.9. The fourth-order valence-electron chi connectivity index (χ4n) is 5.49. The Kier molecular flexibility index (Phi) is 10.2. The highest BCUT2D eigenvalue weighted by atomic mass is 16.2. The van der Waals surface area contributed by atoms with Gasteiger partial charge in [-0.2, -0.15) is 0 Å². The smallest absolute Gasteiger partial charge is 0.314 e. The molecule has 0 spiro atoms. The third-order valence-corrected chi connectivity index (χ3v) is 7.71. The quantitative estimate of drug-likeness (QED) is 0.240. The van der Waals surface area contributed by atoms with E-state index in [1.807, 2.05) is 50.6 Å². The second-order valence-corrected chi connectivity index (χ2v) is 11.4. The number of para-hydroxylation sites is 1. The Bertz CT molecular complexity index is 1440. The van der Waals surface area contributed by atoms with Gasteiger partial charge in [0.05, 0.1) is 0 Å². The zero-order chi connectivity index (χ0) is 29.4. The van der Waals surface area contributed by atoms with Crippen molar-refractivity contribution in [1.29, 1.82) is 0 Å². The van der Waals surface area contributed by atoms with Crippen LogP contribution in [0.15, 0.2) is 79.0 Å². The zero-order valence-electron chi connectivity index (χ0n) is 24.7. The monoisotopic (exact) mass is 553 g/mol. The summed E-state index contributed by atoms with van der Waals surface area (Å²) in [5.74, 6) is 0.775. The van der Waals surface area contributed by atoms with Gasteiger partial charge in [0, 0.05) is 48.8 Å². The maximum Gasteiger partial charge on any atom is 0.314 e. The van der Waals surface area contributed by atoms with Gasteiger partial charge < -0.3 is 25.8 Å². The number of benzene rings is 3. The summed E-state index contributed by atoms with van der Waals surface area (Å²) in [6.45, 7) is 6.62. The number of primary amides is 1. The number of rotatable bonds is 7. The van der Waals surface area contributed by atoms with Gasteiger partial charge in [-0.15, -0.1) is 0 Å². The molecule has 1 aliphatic heterocycles. The Balaban J connectivity index is 0.000000208. The standard InChI is InChI=1S/C21H25N3O.C13H18N2O/c1-15(19-13-22-20-10-5-4-9-18(19)20)11-21(25)23-17-8-6-7-16(12-17)14-24(2)3;1-10-2-4-11(5-3-10)12-6-8-15(9-7-12)13(14)16/h4-10,12-13,15,22H,11,14H2,1-3H3,(H,23,25);2-5,12H,6-9H2,1H3,(H2,14,16)/t15-;/m1./s1. The number of fused-ring (bicyclic) bond motifs is 1. The van der Waals surface area contributed by atoms with Crippen molar-refractivity contribution in [3.05, 3.63) is 101 Å². The van der Waals surface area contributed by atoms with Crippen LogP contribution >= 0.6 is 0 Å². The lowest BCUT2D eigenvalue weighted by molar-refractivity contribution is -0.116. The minimum atomic E-state index is -0.289. The summed E-state index contributed by atoms with van der Waals surface area (Å²) in [6, 6.07) is 24.6. The van der Waals surface area contributed by atoms with Crippen molar-refractivity contribution in [2.24, 2.45) is 5.73 Å². The van der Waals surface area contributed by atoms with Crippen LogP contribution in [-0.4, -0.2) is 53.9 Å². The van der Waals surface area contributed by atoms with Gasteiger partial charge >= 0.3 is 6.03 Å². The summed E-state index contributed by atoms with van der Waals surface area (Å²) >= 11 is 0. The topological polar surface area (TPSA) is 94.5 Å². The van der Waals surface area contributed by atoms with Gasteiger partial charge in [-0.05, 0) is 80.6 Å². The van der Waals surface area contributed by atoms with Crippen molar-refractivity contribution in [1.82, 2.24) is 14.8 Å². The van der Waals surface area contributed by atoms with E-state index in [0.29, 0.717) is 12.3 Å². The van der Waals surface area contributed by atoms with Crippen molar-refractivity contribution >= 4 is 28.5 Å². The molecule has 0 aliphatic carbocycles. The number of carbonyl (C=O) groups is 2. The number of amides is 3. The highest BCUT2D eigenvalue weighted by molar-refractivity contribution is 5.92. The van der Waals surface area contributed by atoms with Crippen LogP contribution in [0.3, 0.4) is 0 Å². The van der Waals surface area contributed by atoms with Gasteiger partial charge in [-0.25, -0.2) is 4.79 Å². The number of hydrogen-bond acceptors (Lipinski definition) is 3. The molecule has 0 bridgehead atoms. The molecule has 41 heavy (non-hydrogen) atoms. The fourth-order valence-corrected chi connectivity index (χ4v) is 5.49. The summed E-state index contributed by atoms with van der Waals surface area (Å²) < 4.78 is 0. The summed E-state index contributed by atoms with van der Waals surface area (Å²) in [4.78, 5) is 30.6. The molecule has 1 fully saturated rings. The van der Waals surface area contributed by atoms with E-state index < -0.39 is 0 Å². The number of urea groups is 1. The van der Waals surface area contributed by atoms with Gasteiger partial charge in [-0.1, -0.05) is 67.1 Å². The molecular weight excluding hydrogens is 510 g/mol. The normalized spacial score (nSPS) is 14.4. The van der Waals surface area contributed by atoms with Gasteiger partial charge in [0.25, 0.3) is 0 Å². The van der Waals surface area contributed by atoms with Crippen LogP contribution in [0, 0.1) is 6.92 Å². The Morgan fingerprint density at radius 3 is 2.41 bits per heavy atom. The van der Waals surface area contributed by atoms with Crippen molar-refractivity contribution in [3.8, 4) is 0 Å². The van der Waals surface area contributed by atoms with E-state index in [2.05, 4.69) is 71.5 Å². The van der Waals surface area contributed by atoms with Crippen LogP contribution in [-0.2, 0) is 11.3 Å². The average Bonchev–Trinajstić information content (AvgIpc) is 3.38. The number of aryl methyl sites for hydroxylation is 1. The van der Waals surface area contributed by atoms with Crippen molar-refractivity contribution in [2.75, 3.05) is 32.5 Å². The lowest BCUT2D eigenvalue weighted by atomic mass is 9.89. The van der Waals surface area contributed by atoms with Gasteiger partial charge in [0.15, 0.2) is 0 Å². The molecule has 1 aliphatic rings. The highest BCUT2D eigenvalue weighted by Crippen LogP contribution is 2.29. The van der Waals surface area contributed by atoms with Gasteiger partial charge in [0.1, 0.15) is 0 Å². The highest BCUT2D eigenvalue weighted by Gasteiger charge is 2.22. The third kappa shape index (κ3) is 8.44. The van der Waals surface area contributed by atoms with Crippen LogP contribution in [0.4, 0.5) is 10.5 Å². The van der Waals surface area contributed by atoms with Crippen LogP contribution in [0.2, 0.25) is 0 Å². The predicted octanol–water partition coefficient (Wildman–Crippen LogP) is 6.61. The molecule has 0 radical (unpaired) electrons. The molecular formula is C34H43N5O2. The van der Waals surface area contributed by atoms with E-state index >= 15 is 0 Å². The molecule has 0 unspecified atom stereocenters. The number of likely N-dealkylation sites (tertiary alicyclic amines) is 1. The molecule has 3 aromatic carbocycles. The number of aromatic amines is 1. The Labute approximate surface area is 243 Å². The van der Waals surface area contributed by atoms with Crippen LogP contribution in [0.1, 0.15) is 60.3 Å². The van der Waals surface area contributed by atoms with E-state index in [-0.39, 0.29) is 17.9 Å². The Morgan fingerprint density at radius 1 is 1.02 bits per heavy atom. The Hall–Kier alpha value is -4.10. The molecule has 4 N–H and O–H groups in total. The Morgan fingerprint density at radius 2 is 1.73 bits per heavy atom. The molecule has 4 aromatic rings. The average molecular weight is 554 g/mol. The fraction of sp³-hybridized carbons (Fsp3) is 0.353. The second kappa shape index (κ2) is 14.0. The number of piperidine rings is 1. The number of nitrogens with two attached hydrogens (primary N) is 1. The van der Waals surface area contributed by atoms with E-state index in [1.54, 1.807) is 4.90 Å². The van der Waals surface area contributed by atoms with Crippen molar-refractivity contribution in [3.63, 3.8) is 0 Å². The van der Waals surface area contributed by atoms with E-state index in [0.717, 1.165) is 43.7 Å². The van der Waals surface area contributed by atoms with Crippen LogP contribution in [0.25, 0.3) is 10.9 Å². The maximum atomic E-state index is 12.5. The second-order valence-electron chi connectivity index (χ2n) is 11.4. The van der Waals surface area contributed by atoms with E-state index in [9.17, 15) is 9.59 Å². The molecule has 3 amide bonds. The molecule has 0 saturated carbocycles. The minimum Gasteiger partial charge on any atom is -0.361 e.